The zero-order valence-electron chi connectivity index (χ0n) is 12.0. The molecule has 0 saturated carbocycles. The van der Waals surface area contributed by atoms with Crippen LogP contribution in [-0.2, 0) is 6.18 Å². The van der Waals surface area contributed by atoms with E-state index in [0.717, 1.165) is 18.6 Å². The zero-order valence-corrected chi connectivity index (χ0v) is 12.0. The molecule has 0 spiro atoms. The lowest BCUT2D eigenvalue weighted by molar-refractivity contribution is -0.137. The predicted molar refractivity (Wildman–Crippen MR) is 75.5 cm³/mol. The van der Waals surface area contributed by atoms with E-state index in [9.17, 15) is 18.3 Å². The summed E-state index contributed by atoms with van der Waals surface area (Å²) in [4.78, 5) is 6.06. The Kier molecular flexibility index (Phi) is 4.92. The summed E-state index contributed by atoms with van der Waals surface area (Å²) < 4.78 is 39.0. The second-order valence-electron chi connectivity index (χ2n) is 5.24. The highest BCUT2D eigenvalue weighted by Crippen LogP contribution is 2.33. The Labute approximate surface area is 122 Å². The molecule has 1 fully saturated rings. The fraction of sp³-hybridized carbons (Fsp3) is 0.643. The average Bonchev–Trinajstić information content (AvgIpc) is 2.44. The summed E-state index contributed by atoms with van der Waals surface area (Å²) >= 11 is 0. The van der Waals surface area contributed by atoms with Crippen LogP contribution < -0.4 is 10.2 Å². The van der Waals surface area contributed by atoms with Crippen molar-refractivity contribution in [1.82, 2.24) is 4.98 Å². The number of piperidine rings is 1. The minimum Gasteiger partial charge on any atom is -0.393 e. The maximum atomic E-state index is 13.0. The number of hydrogen-bond acceptors (Lipinski definition) is 4. The molecule has 0 radical (unpaired) electrons. The van der Waals surface area contributed by atoms with Gasteiger partial charge in [-0.25, -0.2) is 4.98 Å². The van der Waals surface area contributed by atoms with E-state index in [4.69, 9.17) is 0 Å². The Morgan fingerprint density at radius 2 is 2.00 bits per heavy atom. The largest absolute Gasteiger partial charge is 0.416 e. The fourth-order valence-electron chi connectivity index (χ4n) is 2.28. The smallest absolute Gasteiger partial charge is 0.393 e. The third-order valence-corrected chi connectivity index (χ3v) is 3.48. The number of hydrogen-bond donors (Lipinski definition) is 2. The first kappa shape index (κ1) is 15.9. The van der Waals surface area contributed by atoms with Gasteiger partial charge in [-0.05, 0) is 31.4 Å². The van der Waals surface area contributed by atoms with E-state index in [0.29, 0.717) is 38.3 Å². The van der Waals surface area contributed by atoms with Gasteiger partial charge in [0.15, 0.2) is 0 Å². The van der Waals surface area contributed by atoms with Gasteiger partial charge in [0, 0.05) is 19.6 Å². The molecule has 0 aromatic carbocycles. The Balaban J connectivity index is 2.26. The van der Waals surface area contributed by atoms with E-state index in [1.54, 1.807) is 4.90 Å². The number of rotatable bonds is 4. The van der Waals surface area contributed by atoms with Gasteiger partial charge in [0.05, 0.1) is 11.7 Å². The minimum atomic E-state index is -4.39. The van der Waals surface area contributed by atoms with Gasteiger partial charge >= 0.3 is 6.18 Å². The van der Waals surface area contributed by atoms with E-state index in [1.807, 2.05) is 6.92 Å². The SMILES string of the molecule is CCCNc1cc(C(F)(F)F)cc(N2CCC(O)CC2)n1. The molecular weight excluding hydrogens is 283 g/mol. The molecule has 1 aliphatic rings. The number of aliphatic hydroxyl groups excluding tert-OH is 1. The lowest BCUT2D eigenvalue weighted by Gasteiger charge is -2.31. The number of alkyl halides is 3. The van der Waals surface area contributed by atoms with E-state index >= 15 is 0 Å². The first-order valence-electron chi connectivity index (χ1n) is 7.16. The number of nitrogens with one attached hydrogen (secondary N) is 1. The molecule has 1 aliphatic heterocycles. The average molecular weight is 303 g/mol. The molecule has 0 bridgehead atoms. The number of aliphatic hydroxyl groups is 1. The molecule has 1 saturated heterocycles. The molecule has 4 nitrogen and oxygen atoms in total. The number of anilines is 2. The number of halogens is 3. The summed E-state index contributed by atoms with van der Waals surface area (Å²) in [6, 6.07) is 2.12. The molecule has 1 aromatic heterocycles. The molecule has 2 rings (SSSR count). The maximum Gasteiger partial charge on any atom is 0.416 e. The summed E-state index contributed by atoms with van der Waals surface area (Å²) in [7, 11) is 0. The van der Waals surface area contributed by atoms with Crippen LogP contribution in [0.25, 0.3) is 0 Å². The number of nitrogens with zero attached hydrogens (tertiary/aromatic N) is 2. The van der Waals surface area contributed by atoms with Gasteiger partial charge in [-0.15, -0.1) is 0 Å². The van der Waals surface area contributed by atoms with Crippen LogP contribution in [0.4, 0.5) is 24.8 Å². The Hall–Kier alpha value is -1.50. The van der Waals surface area contributed by atoms with Gasteiger partial charge in [0.2, 0.25) is 0 Å². The summed E-state index contributed by atoms with van der Waals surface area (Å²) in [5.74, 6) is 0.558. The van der Waals surface area contributed by atoms with Crippen molar-refractivity contribution in [3.63, 3.8) is 0 Å². The molecule has 2 heterocycles. The molecule has 0 aliphatic carbocycles. The Bertz CT molecular complexity index is 471. The second kappa shape index (κ2) is 6.51. The summed E-state index contributed by atoms with van der Waals surface area (Å²) in [5, 5.41) is 12.4. The molecule has 7 heteroatoms. The summed E-state index contributed by atoms with van der Waals surface area (Å²) in [6.07, 6.45) is -2.85. The lowest BCUT2D eigenvalue weighted by Crippen LogP contribution is -2.36. The standard InChI is InChI=1S/C14H20F3N3O/c1-2-5-18-12-8-10(14(15,16)17)9-13(19-12)20-6-3-11(21)4-7-20/h8-9,11,21H,2-7H2,1H3,(H,18,19). The monoisotopic (exact) mass is 303 g/mol. The Morgan fingerprint density at radius 3 is 2.57 bits per heavy atom. The van der Waals surface area contributed by atoms with Crippen molar-refractivity contribution >= 4 is 11.6 Å². The highest BCUT2D eigenvalue weighted by atomic mass is 19.4. The maximum absolute atomic E-state index is 13.0. The summed E-state index contributed by atoms with van der Waals surface area (Å²) in [6.45, 7) is 3.55. The van der Waals surface area contributed by atoms with Crippen LogP contribution in [0.5, 0.6) is 0 Å². The highest BCUT2D eigenvalue weighted by molar-refractivity contribution is 5.51. The molecular formula is C14H20F3N3O. The van der Waals surface area contributed by atoms with Crippen molar-refractivity contribution < 1.29 is 18.3 Å². The normalized spacial score (nSPS) is 17.1. The first-order chi connectivity index (χ1) is 9.90. The van der Waals surface area contributed by atoms with Crippen LogP contribution in [0.1, 0.15) is 31.7 Å². The van der Waals surface area contributed by atoms with Crippen LogP contribution in [0.3, 0.4) is 0 Å². The third-order valence-electron chi connectivity index (χ3n) is 3.48. The molecule has 0 atom stereocenters. The molecule has 2 N–H and O–H groups in total. The van der Waals surface area contributed by atoms with Crippen LogP contribution >= 0.6 is 0 Å². The molecule has 21 heavy (non-hydrogen) atoms. The zero-order chi connectivity index (χ0) is 15.5. The molecule has 0 amide bonds. The van der Waals surface area contributed by atoms with Gasteiger partial charge in [0.1, 0.15) is 11.6 Å². The van der Waals surface area contributed by atoms with Gasteiger partial charge in [-0.2, -0.15) is 13.2 Å². The topological polar surface area (TPSA) is 48.4 Å². The van der Waals surface area contributed by atoms with Crippen molar-refractivity contribution in [2.75, 3.05) is 29.9 Å². The highest BCUT2D eigenvalue weighted by Gasteiger charge is 2.32. The lowest BCUT2D eigenvalue weighted by atomic mass is 10.1. The van der Waals surface area contributed by atoms with Crippen LogP contribution in [0, 0.1) is 0 Å². The quantitative estimate of drug-likeness (QED) is 0.898. The predicted octanol–water partition coefficient (Wildman–Crippen LogP) is 2.88. The van der Waals surface area contributed by atoms with Gasteiger partial charge in [-0.3, -0.25) is 0 Å². The van der Waals surface area contributed by atoms with Crippen molar-refractivity contribution in [2.24, 2.45) is 0 Å². The van der Waals surface area contributed by atoms with E-state index in [1.165, 1.54) is 0 Å². The third kappa shape index (κ3) is 4.23. The second-order valence-corrected chi connectivity index (χ2v) is 5.24. The van der Waals surface area contributed by atoms with E-state index in [-0.39, 0.29) is 11.9 Å². The van der Waals surface area contributed by atoms with Crippen LogP contribution in [0.15, 0.2) is 12.1 Å². The number of aromatic nitrogens is 1. The molecule has 0 unspecified atom stereocenters. The van der Waals surface area contributed by atoms with Crippen molar-refractivity contribution in [1.29, 1.82) is 0 Å². The summed E-state index contributed by atoms with van der Waals surface area (Å²) in [5.41, 5.74) is -0.697. The number of pyridine rings is 1. The van der Waals surface area contributed by atoms with Gasteiger partial charge < -0.3 is 15.3 Å². The molecule has 1 aromatic rings. The molecule has 118 valence electrons. The van der Waals surface area contributed by atoms with E-state index in [2.05, 4.69) is 10.3 Å². The van der Waals surface area contributed by atoms with Crippen LogP contribution in [0.2, 0.25) is 0 Å². The van der Waals surface area contributed by atoms with Crippen molar-refractivity contribution in [3.8, 4) is 0 Å². The van der Waals surface area contributed by atoms with Gasteiger partial charge in [0.25, 0.3) is 0 Å². The first-order valence-corrected chi connectivity index (χ1v) is 7.16. The van der Waals surface area contributed by atoms with E-state index < -0.39 is 11.7 Å². The van der Waals surface area contributed by atoms with Crippen LogP contribution in [-0.4, -0.2) is 35.8 Å². The Morgan fingerprint density at radius 1 is 1.33 bits per heavy atom. The van der Waals surface area contributed by atoms with Crippen molar-refractivity contribution in [2.45, 2.75) is 38.5 Å². The fourth-order valence-corrected chi connectivity index (χ4v) is 2.28. The minimum absolute atomic E-state index is 0.243. The van der Waals surface area contributed by atoms with Crippen molar-refractivity contribution in [3.05, 3.63) is 17.7 Å². The van der Waals surface area contributed by atoms with Gasteiger partial charge in [-0.1, -0.05) is 6.92 Å².